The van der Waals surface area contributed by atoms with Crippen molar-refractivity contribution in [1.82, 2.24) is 5.32 Å². The van der Waals surface area contributed by atoms with Crippen LogP contribution < -0.4 is 5.32 Å². The molecule has 9 nitrogen and oxygen atoms in total. The average Bonchev–Trinajstić information content (AvgIpc) is 2.96. The highest BCUT2D eigenvalue weighted by Crippen LogP contribution is 2.22. The number of carbonyl (C=O) groups excluding carboxylic acids is 1. The Labute approximate surface area is 241 Å². The predicted molar refractivity (Wildman–Crippen MR) is 157 cm³/mol. The van der Waals surface area contributed by atoms with Gasteiger partial charge in [-0.05, 0) is 25.7 Å². The molecule has 0 bridgehead atoms. The van der Waals surface area contributed by atoms with Crippen LogP contribution in [0.5, 0.6) is 0 Å². The fourth-order valence-electron chi connectivity index (χ4n) is 4.66. The van der Waals surface area contributed by atoms with Crippen molar-refractivity contribution in [2.24, 2.45) is 0 Å². The summed E-state index contributed by atoms with van der Waals surface area (Å²) in [6.07, 6.45) is 17.4. The van der Waals surface area contributed by atoms with Crippen LogP contribution in [0, 0.1) is 0 Å². The van der Waals surface area contributed by atoms with Gasteiger partial charge in [-0.2, -0.15) is 0 Å². The van der Waals surface area contributed by atoms with Crippen molar-refractivity contribution < 1.29 is 39.8 Å². The summed E-state index contributed by atoms with van der Waals surface area (Å²) in [4.78, 5) is 12.0. The van der Waals surface area contributed by atoms with Gasteiger partial charge in [-0.15, -0.1) is 0 Å². The van der Waals surface area contributed by atoms with E-state index in [2.05, 4.69) is 24.4 Å². The number of hydrogen-bond acceptors (Lipinski definition) is 8. The fourth-order valence-corrected chi connectivity index (χ4v) is 4.66. The van der Waals surface area contributed by atoms with E-state index in [-0.39, 0.29) is 18.9 Å². The maximum atomic E-state index is 12.0. The number of unbranched alkanes of at least 4 members (excludes halogenated alkanes) is 12. The zero-order chi connectivity index (χ0) is 29.6. The number of nitrogens with one attached hydrogen (secondary N) is 1. The third-order valence-electron chi connectivity index (χ3n) is 7.34. The Morgan fingerprint density at radius 1 is 0.825 bits per heavy atom. The van der Waals surface area contributed by atoms with Crippen molar-refractivity contribution in [2.45, 2.75) is 153 Å². The smallest absolute Gasteiger partial charge is 0.220 e. The summed E-state index contributed by atoms with van der Waals surface area (Å²) in [6, 6.07) is -0.812. The Morgan fingerprint density at radius 2 is 1.40 bits per heavy atom. The van der Waals surface area contributed by atoms with Gasteiger partial charge in [-0.1, -0.05) is 102 Å². The lowest BCUT2D eigenvalue weighted by Gasteiger charge is -2.40. The van der Waals surface area contributed by atoms with Gasteiger partial charge >= 0.3 is 0 Å². The largest absolute Gasteiger partial charge is 0.394 e. The highest BCUT2D eigenvalue weighted by molar-refractivity contribution is 5.75. The molecule has 0 aromatic carbocycles. The highest BCUT2D eigenvalue weighted by atomic mass is 16.7. The lowest BCUT2D eigenvalue weighted by molar-refractivity contribution is -0.302. The minimum absolute atomic E-state index is 0.210. The number of hydrogen-bond donors (Lipinski definition) is 6. The lowest BCUT2D eigenvalue weighted by Crippen LogP contribution is -2.60. The molecule has 1 saturated heterocycles. The van der Waals surface area contributed by atoms with E-state index >= 15 is 0 Å². The molecule has 7 atom stereocenters. The minimum Gasteiger partial charge on any atom is -0.394 e. The molecular weight excluding hydrogens is 514 g/mol. The number of aliphatic hydroxyl groups excluding tert-OH is 5. The van der Waals surface area contributed by atoms with Crippen LogP contribution >= 0.6 is 0 Å². The Morgan fingerprint density at radius 3 is 2.00 bits per heavy atom. The molecule has 40 heavy (non-hydrogen) atoms. The monoisotopic (exact) mass is 571 g/mol. The van der Waals surface area contributed by atoms with Gasteiger partial charge in [-0.3, -0.25) is 4.79 Å². The summed E-state index contributed by atoms with van der Waals surface area (Å²) in [6.45, 7) is 3.17. The van der Waals surface area contributed by atoms with Crippen molar-refractivity contribution in [3.63, 3.8) is 0 Å². The first-order valence-corrected chi connectivity index (χ1v) is 15.6. The van der Waals surface area contributed by atoms with Gasteiger partial charge in [0.05, 0.1) is 25.4 Å². The molecule has 9 heteroatoms. The standard InChI is InChI=1S/C31H57NO8/c1-3-5-6-7-8-9-10-11-12-13-14-15-16-17-18-19-20-21-25(34)24(32-27(35)4-2)23-39-31-30(38)29(37)28(36)26(22-33)40-31/h16-17,20-21,24-26,28-31,33-34,36-38H,3-15,18-19,22-23H2,1-2H3,(H,32,35)/b17-16+,21-20+. The molecule has 0 aliphatic carbocycles. The first kappa shape index (κ1) is 36.7. The van der Waals surface area contributed by atoms with Crippen molar-refractivity contribution >= 4 is 5.91 Å². The van der Waals surface area contributed by atoms with Crippen molar-refractivity contribution in [1.29, 1.82) is 0 Å². The van der Waals surface area contributed by atoms with E-state index in [1.54, 1.807) is 13.0 Å². The molecule has 0 saturated carbocycles. The predicted octanol–water partition coefficient (Wildman–Crippen LogP) is 3.65. The summed E-state index contributed by atoms with van der Waals surface area (Å²) < 4.78 is 10.9. The number of aliphatic hydroxyl groups is 5. The zero-order valence-electron chi connectivity index (χ0n) is 24.8. The molecule has 234 valence electrons. The molecule has 0 spiro atoms. The Balaban J connectivity index is 2.29. The first-order valence-electron chi connectivity index (χ1n) is 15.6. The van der Waals surface area contributed by atoms with Crippen molar-refractivity contribution in [3.8, 4) is 0 Å². The SMILES string of the molecule is CCCCCCCCCCCCC/C=C/CC/C=C/C(O)C(COC1OC(CO)C(O)C(O)C1O)NC(=O)CC. The van der Waals surface area contributed by atoms with Crippen LogP contribution in [0.15, 0.2) is 24.3 Å². The number of carbonyl (C=O) groups is 1. The Kier molecular flexibility index (Phi) is 21.3. The Hall–Kier alpha value is -1.33. The van der Waals surface area contributed by atoms with Crippen LogP contribution in [-0.2, 0) is 14.3 Å². The molecule has 0 radical (unpaired) electrons. The van der Waals surface area contributed by atoms with E-state index in [9.17, 15) is 30.3 Å². The van der Waals surface area contributed by atoms with Gasteiger partial charge in [0, 0.05) is 6.42 Å². The maximum absolute atomic E-state index is 12.0. The van der Waals surface area contributed by atoms with Gasteiger partial charge in [0.15, 0.2) is 6.29 Å². The second kappa shape index (κ2) is 23.3. The zero-order valence-corrected chi connectivity index (χ0v) is 24.8. The summed E-state index contributed by atoms with van der Waals surface area (Å²) in [7, 11) is 0. The average molecular weight is 572 g/mol. The normalized spacial score (nSPS) is 25.0. The molecular formula is C31H57NO8. The number of rotatable bonds is 23. The van der Waals surface area contributed by atoms with Gasteiger partial charge in [0.1, 0.15) is 24.4 Å². The van der Waals surface area contributed by atoms with Crippen LogP contribution in [0.4, 0.5) is 0 Å². The van der Waals surface area contributed by atoms with Crippen LogP contribution in [0.3, 0.4) is 0 Å². The molecule has 1 aliphatic heterocycles. The van der Waals surface area contributed by atoms with E-state index in [1.165, 1.54) is 70.6 Å². The molecule has 6 N–H and O–H groups in total. The second-order valence-electron chi connectivity index (χ2n) is 10.8. The van der Waals surface area contributed by atoms with E-state index in [0.29, 0.717) is 0 Å². The quantitative estimate of drug-likeness (QED) is 0.0804. The van der Waals surface area contributed by atoms with E-state index in [0.717, 1.165) is 19.3 Å². The second-order valence-corrected chi connectivity index (χ2v) is 10.8. The van der Waals surface area contributed by atoms with Crippen LogP contribution in [0.2, 0.25) is 0 Å². The summed E-state index contributed by atoms with van der Waals surface area (Å²) >= 11 is 0. The van der Waals surface area contributed by atoms with Gasteiger partial charge in [0.25, 0.3) is 0 Å². The molecule has 1 heterocycles. The van der Waals surface area contributed by atoms with Gasteiger partial charge < -0.3 is 40.3 Å². The topological polar surface area (TPSA) is 149 Å². The molecule has 1 fully saturated rings. The molecule has 7 unspecified atom stereocenters. The Bertz CT molecular complexity index is 686. The summed E-state index contributed by atoms with van der Waals surface area (Å²) in [5.41, 5.74) is 0. The van der Waals surface area contributed by atoms with Crippen LogP contribution in [0.1, 0.15) is 110 Å². The van der Waals surface area contributed by atoms with Crippen molar-refractivity contribution in [2.75, 3.05) is 13.2 Å². The summed E-state index contributed by atoms with van der Waals surface area (Å²) in [5.74, 6) is -0.278. The lowest BCUT2D eigenvalue weighted by atomic mass is 9.99. The van der Waals surface area contributed by atoms with E-state index < -0.39 is 49.5 Å². The maximum Gasteiger partial charge on any atom is 0.220 e. The minimum atomic E-state index is -1.56. The number of ether oxygens (including phenoxy) is 2. The fraction of sp³-hybridized carbons (Fsp3) is 0.839. The molecule has 1 amide bonds. The molecule has 0 aromatic rings. The van der Waals surface area contributed by atoms with E-state index in [1.807, 2.05) is 6.08 Å². The number of amides is 1. The first-order chi connectivity index (χ1) is 19.3. The third kappa shape index (κ3) is 15.6. The summed E-state index contributed by atoms with van der Waals surface area (Å²) in [5, 5.41) is 52.7. The van der Waals surface area contributed by atoms with Crippen LogP contribution in [0.25, 0.3) is 0 Å². The van der Waals surface area contributed by atoms with Gasteiger partial charge in [-0.25, -0.2) is 0 Å². The molecule has 1 aliphatic rings. The van der Waals surface area contributed by atoms with Crippen molar-refractivity contribution in [3.05, 3.63) is 24.3 Å². The molecule has 0 aromatic heterocycles. The highest BCUT2D eigenvalue weighted by Gasteiger charge is 2.44. The van der Waals surface area contributed by atoms with Crippen LogP contribution in [-0.4, -0.2) is 87.5 Å². The third-order valence-corrected chi connectivity index (χ3v) is 7.34. The van der Waals surface area contributed by atoms with Gasteiger partial charge in [0.2, 0.25) is 5.91 Å². The number of allylic oxidation sites excluding steroid dienone is 3. The van der Waals surface area contributed by atoms with E-state index in [4.69, 9.17) is 9.47 Å². The molecule has 1 rings (SSSR count).